The molecular formula is C21H30O4. The molecule has 4 nitrogen and oxygen atoms in total. The Bertz CT molecular complexity index is 605. The first-order valence-electron chi connectivity index (χ1n) is 8.78. The number of carbonyl (C=O) groups is 1. The molecule has 1 aromatic carbocycles. The molecule has 0 saturated carbocycles. The third-order valence-corrected chi connectivity index (χ3v) is 3.88. The van der Waals surface area contributed by atoms with E-state index in [1.54, 1.807) is 12.1 Å². The molecule has 0 amide bonds. The molecule has 1 aromatic rings. The summed E-state index contributed by atoms with van der Waals surface area (Å²) < 4.78 is 5.59. The van der Waals surface area contributed by atoms with Crippen LogP contribution in [0.3, 0.4) is 0 Å². The van der Waals surface area contributed by atoms with E-state index in [1.165, 1.54) is 11.6 Å². The summed E-state index contributed by atoms with van der Waals surface area (Å²) in [5, 5.41) is 18.9. The highest BCUT2D eigenvalue weighted by molar-refractivity contribution is 5.69. The Labute approximate surface area is 150 Å². The minimum atomic E-state index is -0.211. The van der Waals surface area contributed by atoms with Crippen LogP contribution in [0.5, 0.6) is 11.5 Å². The van der Waals surface area contributed by atoms with E-state index in [0.29, 0.717) is 19.3 Å². The zero-order valence-electron chi connectivity index (χ0n) is 15.7. The number of benzene rings is 1. The predicted octanol–water partition coefficient (Wildman–Crippen LogP) is 5.04. The van der Waals surface area contributed by atoms with Gasteiger partial charge in [0.05, 0.1) is 0 Å². The van der Waals surface area contributed by atoms with E-state index in [4.69, 9.17) is 4.74 Å². The third-order valence-electron chi connectivity index (χ3n) is 3.88. The van der Waals surface area contributed by atoms with E-state index in [2.05, 4.69) is 0 Å². The second-order valence-corrected chi connectivity index (χ2v) is 6.68. The van der Waals surface area contributed by atoms with Crippen molar-refractivity contribution < 1.29 is 19.7 Å². The Balaban J connectivity index is 2.42. The van der Waals surface area contributed by atoms with Crippen molar-refractivity contribution in [3.05, 3.63) is 47.1 Å². The summed E-state index contributed by atoms with van der Waals surface area (Å²) >= 11 is 0. The number of hydrogen-bond acceptors (Lipinski definition) is 4. The fourth-order valence-electron chi connectivity index (χ4n) is 2.57. The fourth-order valence-corrected chi connectivity index (χ4v) is 2.57. The lowest BCUT2D eigenvalue weighted by atomic mass is 10.1. The zero-order valence-corrected chi connectivity index (χ0v) is 15.7. The standard InChI is InChI=1S/C21H30O4/c1-5-16(4)11-20(10-15(2)3)25-21(24)9-7-6-8-17-12-18(22)14-19(23)13-17/h5,10,12-14,20,22-23H,6-9,11H2,1-4H3. The number of phenols is 2. The average molecular weight is 346 g/mol. The van der Waals surface area contributed by atoms with Gasteiger partial charge in [0.2, 0.25) is 0 Å². The molecule has 0 saturated heterocycles. The number of esters is 1. The van der Waals surface area contributed by atoms with E-state index < -0.39 is 0 Å². The molecule has 1 atom stereocenters. The molecule has 0 aliphatic heterocycles. The largest absolute Gasteiger partial charge is 0.508 e. The lowest BCUT2D eigenvalue weighted by Gasteiger charge is -2.15. The van der Waals surface area contributed by atoms with Gasteiger partial charge in [0, 0.05) is 18.9 Å². The van der Waals surface area contributed by atoms with Gasteiger partial charge in [-0.05, 0) is 70.7 Å². The number of ether oxygens (including phenoxy) is 1. The second kappa shape index (κ2) is 10.6. The van der Waals surface area contributed by atoms with Gasteiger partial charge in [-0.1, -0.05) is 17.2 Å². The molecule has 0 bridgehead atoms. The minimum absolute atomic E-state index is 0.0540. The van der Waals surface area contributed by atoms with Crippen molar-refractivity contribution in [1.29, 1.82) is 0 Å². The molecule has 0 aromatic heterocycles. The summed E-state index contributed by atoms with van der Waals surface area (Å²) in [5.74, 6) is -0.0817. The number of aromatic hydroxyl groups is 2. The molecule has 0 aliphatic carbocycles. The van der Waals surface area contributed by atoms with Crippen LogP contribution in [-0.4, -0.2) is 22.3 Å². The predicted molar refractivity (Wildman–Crippen MR) is 101 cm³/mol. The van der Waals surface area contributed by atoms with Crippen molar-refractivity contribution in [3.63, 3.8) is 0 Å². The number of hydrogen-bond donors (Lipinski definition) is 2. The topological polar surface area (TPSA) is 66.8 Å². The van der Waals surface area contributed by atoms with Gasteiger partial charge >= 0.3 is 5.97 Å². The number of rotatable bonds is 9. The van der Waals surface area contributed by atoms with E-state index >= 15 is 0 Å². The van der Waals surface area contributed by atoms with Crippen molar-refractivity contribution in [1.82, 2.24) is 0 Å². The van der Waals surface area contributed by atoms with Gasteiger partial charge in [-0.2, -0.15) is 0 Å². The van der Waals surface area contributed by atoms with Crippen molar-refractivity contribution in [2.24, 2.45) is 0 Å². The number of phenolic OH excluding ortho intramolecular Hbond substituents is 2. The second-order valence-electron chi connectivity index (χ2n) is 6.68. The van der Waals surface area contributed by atoms with Crippen LogP contribution in [0.2, 0.25) is 0 Å². The number of allylic oxidation sites excluding steroid dienone is 2. The van der Waals surface area contributed by atoms with Crippen molar-refractivity contribution in [2.45, 2.75) is 65.9 Å². The van der Waals surface area contributed by atoms with Crippen LogP contribution in [0.15, 0.2) is 41.5 Å². The fraction of sp³-hybridized carbons (Fsp3) is 0.476. The molecule has 0 radical (unpaired) electrons. The summed E-state index contributed by atoms with van der Waals surface area (Å²) in [4.78, 5) is 12.1. The summed E-state index contributed by atoms with van der Waals surface area (Å²) in [7, 11) is 0. The van der Waals surface area contributed by atoms with Gasteiger partial charge < -0.3 is 14.9 Å². The molecule has 1 unspecified atom stereocenters. The van der Waals surface area contributed by atoms with Crippen LogP contribution < -0.4 is 0 Å². The molecule has 0 heterocycles. The van der Waals surface area contributed by atoms with E-state index in [1.807, 2.05) is 39.8 Å². The van der Waals surface area contributed by atoms with E-state index in [-0.39, 0.29) is 23.6 Å². The van der Waals surface area contributed by atoms with Crippen LogP contribution >= 0.6 is 0 Å². The third kappa shape index (κ3) is 8.99. The van der Waals surface area contributed by atoms with E-state index in [9.17, 15) is 15.0 Å². The smallest absolute Gasteiger partial charge is 0.306 e. The lowest BCUT2D eigenvalue weighted by molar-refractivity contribution is -0.146. The Morgan fingerprint density at radius 3 is 2.32 bits per heavy atom. The van der Waals surface area contributed by atoms with Crippen LogP contribution in [0, 0.1) is 0 Å². The first-order chi connectivity index (χ1) is 11.8. The summed E-state index contributed by atoms with van der Waals surface area (Å²) in [5.41, 5.74) is 3.18. The molecule has 0 spiro atoms. The van der Waals surface area contributed by atoms with Gasteiger partial charge in [0.1, 0.15) is 17.6 Å². The molecule has 0 fully saturated rings. The average Bonchev–Trinajstić information content (AvgIpc) is 2.49. The highest BCUT2D eigenvalue weighted by Crippen LogP contribution is 2.22. The summed E-state index contributed by atoms with van der Waals surface area (Å²) in [6.07, 6.45) is 7.09. The first-order valence-corrected chi connectivity index (χ1v) is 8.78. The number of carbonyl (C=O) groups excluding carboxylic acids is 1. The van der Waals surface area contributed by atoms with E-state index in [0.717, 1.165) is 24.0 Å². The molecule has 1 rings (SSSR count). The maximum Gasteiger partial charge on any atom is 0.306 e. The monoisotopic (exact) mass is 346 g/mol. The molecule has 0 aliphatic rings. The Kier molecular flexibility index (Phi) is 8.82. The summed E-state index contributed by atoms with van der Waals surface area (Å²) in [6.45, 7) is 8.01. The molecule has 4 heteroatoms. The molecule has 25 heavy (non-hydrogen) atoms. The quantitative estimate of drug-likeness (QED) is 0.373. The van der Waals surface area contributed by atoms with Crippen molar-refractivity contribution in [2.75, 3.05) is 0 Å². The lowest BCUT2D eigenvalue weighted by Crippen LogP contribution is -2.17. The molecule has 2 N–H and O–H groups in total. The Morgan fingerprint density at radius 1 is 1.12 bits per heavy atom. The Morgan fingerprint density at radius 2 is 1.76 bits per heavy atom. The van der Waals surface area contributed by atoms with Gasteiger partial charge in [-0.25, -0.2) is 0 Å². The summed E-state index contributed by atoms with van der Waals surface area (Å²) in [6, 6.07) is 4.56. The minimum Gasteiger partial charge on any atom is -0.508 e. The maximum atomic E-state index is 12.1. The van der Waals surface area contributed by atoms with Gasteiger partial charge in [0.15, 0.2) is 0 Å². The Hall–Kier alpha value is -2.23. The number of unbranched alkanes of at least 4 members (excludes halogenated alkanes) is 1. The van der Waals surface area contributed by atoms with Crippen molar-refractivity contribution >= 4 is 5.97 Å². The highest BCUT2D eigenvalue weighted by atomic mass is 16.5. The van der Waals surface area contributed by atoms with Crippen molar-refractivity contribution in [3.8, 4) is 11.5 Å². The normalized spacial score (nSPS) is 12.6. The zero-order chi connectivity index (χ0) is 18.8. The first kappa shape index (κ1) is 20.8. The highest BCUT2D eigenvalue weighted by Gasteiger charge is 2.12. The number of aryl methyl sites for hydroxylation is 1. The van der Waals surface area contributed by atoms with Gasteiger partial charge in [-0.15, -0.1) is 0 Å². The van der Waals surface area contributed by atoms with Gasteiger partial charge in [-0.3, -0.25) is 4.79 Å². The maximum absolute atomic E-state index is 12.1. The molecular weight excluding hydrogens is 316 g/mol. The molecule has 138 valence electrons. The van der Waals surface area contributed by atoms with Crippen LogP contribution in [0.1, 0.15) is 58.9 Å². The van der Waals surface area contributed by atoms with Crippen LogP contribution in [0.4, 0.5) is 0 Å². The SMILES string of the molecule is CC=C(C)CC(C=C(C)C)OC(=O)CCCCc1cc(O)cc(O)c1. The van der Waals surface area contributed by atoms with Gasteiger partial charge in [0.25, 0.3) is 0 Å². The van der Waals surface area contributed by atoms with Crippen LogP contribution in [-0.2, 0) is 16.0 Å². The van der Waals surface area contributed by atoms with Crippen LogP contribution in [0.25, 0.3) is 0 Å².